The lowest BCUT2D eigenvalue weighted by Gasteiger charge is -2.01. The summed E-state index contributed by atoms with van der Waals surface area (Å²) in [6.07, 6.45) is 1.86. The van der Waals surface area contributed by atoms with Crippen molar-refractivity contribution in [1.29, 1.82) is 0 Å². The minimum absolute atomic E-state index is 0.321. The van der Waals surface area contributed by atoms with Crippen molar-refractivity contribution in [2.45, 2.75) is 0 Å². The number of rotatable bonds is 1. The van der Waals surface area contributed by atoms with E-state index in [0.717, 1.165) is 21.7 Å². The molecule has 2 N–H and O–H groups in total. The molecule has 3 aromatic rings. The predicted octanol–water partition coefficient (Wildman–Crippen LogP) is 3.02. The van der Waals surface area contributed by atoms with Crippen LogP contribution < -0.4 is 0 Å². The van der Waals surface area contributed by atoms with Crippen LogP contribution >= 0.6 is 0 Å². The maximum Gasteiger partial charge on any atom is 0.335 e. The Morgan fingerprint density at radius 2 is 1.88 bits per heavy atom. The van der Waals surface area contributed by atoms with Crippen LogP contribution in [-0.4, -0.2) is 16.1 Å². The first-order valence-corrected chi connectivity index (χ1v) is 4.99. The molecule has 0 spiro atoms. The van der Waals surface area contributed by atoms with Crippen molar-refractivity contribution in [3.05, 3.63) is 48.2 Å². The number of fused-ring (bicyclic) bond motifs is 3. The third kappa shape index (κ3) is 1.18. The quantitative estimate of drug-likeness (QED) is 0.650. The minimum atomic E-state index is -0.894. The van der Waals surface area contributed by atoms with Crippen molar-refractivity contribution in [2.75, 3.05) is 0 Å². The summed E-state index contributed by atoms with van der Waals surface area (Å²) in [5.74, 6) is -0.894. The van der Waals surface area contributed by atoms with Crippen LogP contribution in [0.15, 0.2) is 42.6 Å². The van der Waals surface area contributed by atoms with Crippen LogP contribution in [0.5, 0.6) is 0 Å². The molecule has 1 aromatic heterocycles. The van der Waals surface area contributed by atoms with E-state index in [0.29, 0.717) is 5.56 Å². The van der Waals surface area contributed by atoms with E-state index in [-0.39, 0.29) is 0 Å². The minimum Gasteiger partial charge on any atom is -0.478 e. The number of aromatic carboxylic acids is 1. The van der Waals surface area contributed by atoms with Gasteiger partial charge in [0, 0.05) is 17.1 Å². The molecular formula is C13H9NO2. The Bertz CT molecular complexity index is 697. The fraction of sp³-hybridized carbons (Fsp3) is 0. The third-order valence-electron chi connectivity index (χ3n) is 2.80. The molecule has 0 aliphatic carbocycles. The first kappa shape index (κ1) is 8.97. The number of nitrogens with one attached hydrogen (secondary N) is 1. The number of benzene rings is 2. The molecule has 3 heteroatoms. The molecule has 0 atom stereocenters. The van der Waals surface area contributed by atoms with Crippen LogP contribution in [0.3, 0.4) is 0 Å². The van der Waals surface area contributed by atoms with Gasteiger partial charge in [0.05, 0.1) is 5.56 Å². The smallest absolute Gasteiger partial charge is 0.335 e. The van der Waals surface area contributed by atoms with Gasteiger partial charge in [0.15, 0.2) is 0 Å². The molecule has 0 unspecified atom stereocenters. The van der Waals surface area contributed by atoms with Crippen molar-refractivity contribution in [3.63, 3.8) is 0 Å². The van der Waals surface area contributed by atoms with Gasteiger partial charge in [-0.3, -0.25) is 0 Å². The number of carboxylic acid groups (broad SMARTS) is 1. The maximum absolute atomic E-state index is 10.9. The Morgan fingerprint density at radius 1 is 1.06 bits per heavy atom. The number of aromatic nitrogens is 1. The Kier molecular flexibility index (Phi) is 1.74. The Hall–Kier alpha value is -2.29. The van der Waals surface area contributed by atoms with Gasteiger partial charge in [0.2, 0.25) is 0 Å². The van der Waals surface area contributed by atoms with Gasteiger partial charge in [-0.15, -0.1) is 0 Å². The Balaban J connectivity index is 2.46. The van der Waals surface area contributed by atoms with E-state index in [1.807, 2.05) is 30.5 Å². The lowest BCUT2D eigenvalue weighted by molar-refractivity contribution is 0.0697. The topological polar surface area (TPSA) is 53.1 Å². The SMILES string of the molecule is O=C(O)c1ccc2ccc3[nH]ccc3c2c1. The van der Waals surface area contributed by atoms with Gasteiger partial charge in [0.1, 0.15) is 0 Å². The normalized spacial score (nSPS) is 11.0. The number of H-pyrrole nitrogens is 1. The van der Waals surface area contributed by atoms with E-state index in [2.05, 4.69) is 4.98 Å². The van der Waals surface area contributed by atoms with Gasteiger partial charge >= 0.3 is 5.97 Å². The molecule has 78 valence electrons. The second kappa shape index (κ2) is 3.10. The van der Waals surface area contributed by atoms with Crippen molar-refractivity contribution in [2.24, 2.45) is 0 Å². The van der Waals surface area contributed by atoms with Crippen LogP contribution in [0.4, 0.5) is 0 Å². The highest BCUT2D eigenvalue weighted by molar-refractivity contribution is 6.08. The first-order valence-electron chi connectivity index (χ1n) is 4.99. The zero-order valence-corrected chi connectivity index (χ0v) is 8.40. The summed E-state index contributed by atoms with van der Waals surface area (Å²) in [6.45, 7) is 0. The zero-order valence-electron chi connectivity index (χ0n) is 8.40. The number of aromatic amines is 1. The zero-order chi connectivity index (χ0) is 11.1. The van der Waals surface area contributed by atoms with E-state index >= 15 is 0 Å². The van der Waals surface area contributed by atoms with Crippen LogP contribution in [0.1, 0.15) is 10.4 Å². The highest BCUT2D eigenvalue weighted by Crippen LogP contribution is 2.25. The molecule has 0 aliphatic rings. The van der Waals surface area contributed by atoms with Gasteiger partial charge in [0.25, 0.3) is 0 Å². The fourth-order valence-corrected chi connectivity index (χ4v) is 2.00. The second-order valence-corrected chi connectivity index (χ2v) is 3.75. The Labute approximate surface area is 91.3 Å². The summed E-state index contributed by atoms with van der Waals surface area (Å²) < 4.78 is 0. The molecular weight excluding hydrogens is 202 g/mol. The lowest BCUT2D eigenvalue weighted by atomic mass is 10.0. The molecule has 0 saturated carbocycles. The lowest BCUT2D eigenvalue weighted by Crippen LogP contribution is -1.95. The summed E-state index contributed by atoms with van der Waals surface area (Å²) in [7, 11) is 0. The van der Waals surface area contributed by atoms with Gasteiger partial charge in [-0.05, 0) is 35.0 Å². The summed E-state index contributed by atoms with van der Waals surface area (Å²) in [4.78, 5) is 14.0. The summed E-state index contributed by atoms with van der Waals surface area (Å²) >= 11 is 0. The van der Waals surface area contributed by atoms with Gasteiger partial charge in [-0.1, -0.05) is 12.1 Å². The number of hydrogen-bond acceptors (Lipinski definition) is 1. The first-order chi connectivity index (χ1) is 7.75. The summed E-state index contributed by atoms with van der Waals surface area (Å²) in [5, 5.41) is 12.0. The van der Waals surface area contributed by atoms with Gasteiger partial charge in [-0.2, -0.15) is 0 Å². The average molecular weight is 211 g/mol. The van der Waals surface area contributed by atoms with Crippen LogP contribution in [-0.2, 0) is 0 Å². The highest BCUT2D eigenvalue weighted by Gasteiger charge is 2.06. The van der Waals surface area contributed by atoms with Crippen molar-refractivity contribution in [3.8, 4) is 0 Å². The van der Waals surface area contributed by atoms with E-state index in [4.69, 9.17) is 5.11 Å². The summed E-state index contributed by atoms with van der Waals surface area (Å²) in [5.41, 5.74) is 1.34. The van der Waals surface area contributed by atoms with E-state index < -0.39 is 5.97 Å². The fourth-order valence-electron chi connectivity index (χ4n) is 2.00. The molecule has 0 saturated heterocycles. The largest absolute Gasteiger partial charge is 0.478 e. The van der Waals surface area contributed by atoms with E-state index in [1.165, 1.54) is 0 Å². The third-order valence-corrected chi connectivity index (χ3v) is 2.80. The van der Waals surface area contributed by atoms with Crippen LogP contribution in [0, 0.1) is 0 Å². The molecule has 1 heterocycles. The maximum atomic E-state index is 10.9. The number of carboxylic acids is 1. The molecule has 0 fully saturated rings. The Morgan fingerprint density at radius 3 is 2.69 bits per heavy atom. The average Bonchev–Trinajstić information content (AvgIpc) is 2.76. The predicted molar refractivity (Wildman–Crippen MR) is 62.8 cm³/mol. The van der Waals surface area contributed by atoms with Crippen molar-refractivity contribution >= 4 is 27.6 Å². The van der Waals surface area contributed by atoms with E-state index in [1.54, 1.807) is 12.1 Å². The monoisotopic (exact) mass is 211 g/mol. The molecule has 2 aromatic carbocycles. The molecule has 0 bridgehead atoms. The van der Waals surface area contributed by atoms with Crippen LogP contribution in [0.2, 0.25) is 0 Å². The molecule has 0 amide bonds. The van der Waals surface area contributed by atoms with Crippen molar-refractivity contribution in [1.82, 2.24) is 4.98 Å². The van der Waals surface area contributed by atoms with Crippen molar-refractivity contribution < 1.29 is 9.90 Å². The molecule has 3 rings (SSSR count). The molecule has 0 radical (unpaired) electrons. The molecule has 0 aliphatic heterocycles. The standard InChI is InChI=1S/C13H9NO2/c15-13(16)9-2-1-8-3-4-12-10(5-6-14-12)11(8)7-9/h1-7,14H,(H,15,16). The number of carbonyl (C=O) groups is 1. The second-order valence-electron chi connectivity index (χ2n) is 3.75. The van der Waals surface area contributed by atoms with E-state index in [9.17, 15) is 4.79 Å². The molecule has 16 heavy (non-hydrogen) atoms. The van der Waals surface area contributed by atoms with Gasteiger partial charge < -0.3 is 10.1 Å². The number of hydrogen-bond donors (Lipinski definition) is 2. The van der Waals surface area contributed by atoms with Gasteiger partial charge in [-0.25, -0.2) is 4.79 Å². The van der Waals surface area contributed by atoms with Crippen LogP contribution in [0.25, 0.3) is 21.7 Å². The summed E-state index contributed by atoms with van der Waals surface area (Å²) in [6, 6.07) is 11.1. The molecule has 3 nitrogen and oxygen atoms in total. The highest BCUT2D eigenvalue weighted by atomic mass is 16.4.